The molecule has 0 spiro atoms. The standard InChI is InChI=1S/C27H31N5O3/c1-3-17-35-18-12-25(33)31-14-10-21(11-15-31)26-24(9-4-20(2)29-26)27(34)30-22-5-7-23(8-6-22)32-16-13-28-19-32/h3-9,13,16,19,21H,1,10-12,14-15,17-18H2,2H3,(H,30,34). The fourth-order valence-electron chi connectivity index (χ4n) is 4.29. The van der Waals surface area contributed by atoms with E-state index in [-0.39, 0.29) is 17.7 Å². The molecule has 1 N–H and O–H groups in total. The van der Waals surface area contributed by atoms with Crippen LogP contribution in [-0.4, -0.2) is 57.6 Å². The van der Waals surface area contributed by atoms with Crippen LogP contribution < -0.4 is 5.32 Å². The second kappa shape index (κ2) is 11.6. The minimum Gasteiger partial charge on any atom is -0.377 e. The molecule has 1 aromatic carbocycles. The van der Waals surface area contributed by atoms with E-state index in [1.54, 1.807) is 18.6 Å². The van der Waals surface area contributed by atoms with Gasteiger partial charge >= 0.3 is 0 Å². The van der Waals surface area contributed by atoms with E-state index in [0.29, 0.717) is 44.0 Å². The first kappa shape index (κ1) is 24.3. The summed E-state index contributed by atoms with van der Waals surface area (Å²) < 4.78 is 7.24. The van der Waals surface area contributed by atoms with E-state index in [1.807, 2.05) is 59.0 Å². The molecule has 2 aromatic heterocycles. The summed E-state index contributed by atoms with van der Waals surface area (Å²) >= 11 is 0. The number of benzene rings is 1. The van der Waals surface area contributed by atoms with Gasteiger partial charge < -0.3 is 19.5 Å². The van der Waals surface area contributed by atoms with E-state index < -0.39 is 0 Å². The van der Waals surface area contributed by atoms with Crippen LogP contribution in [0.2, 0.25) is 0 Å². The first-order chi connectivity index (χ1) is 17.0. The molecule has 8 heteroatoms. The summed E-state index contributed by atoms with van der Waals surface area (Å²) in [4.78, 5) is 36.3. The first-order valence-electron chi connectivity index (χ1n) is 11.9. The maximum Gasteiger partial charge on any atom is 0.257 e. The number of hydrogen-bond acceptors (Lipinski definition) is 5. The highest BCUT2D eigenvalue weighted by atomic mass is 16.5. The summed E-state index contributed by atoms with van der Waals surface area (Å²) in [5, 5.41) is 3.00. The number of hydrogen-bond donors (Lipinski definition) is 1. The van der Waals surface area contributed by atoms with Crippen LogP contribution in [0.4, 0.5) is 5.69 Å². The third-order valence-electron chi connectivity index (χ3n) is 6.17. The van der Waals surface area contributed by atoms with Crippen molar-refractivity contribution in [3.05, 3.63) is 84.7 Å². The predicted molar refractivity (Wildman–Crippen MR) is 135 cm³/mol. The molecule has 1 saturated heterocycles. The molecule has 2 amide bonds. The van der Waals surface area contributed by atoms with Gasteiger partial charge in [-0.05, 0) is 56.2 Å². The fourth-order valence-corrected chi connectivity index (χ4v) is 4.29. The minimum absolute atomic E-state index is 0.0989. The zero-order valence-electron chi connectivity index (χ0n) is 20.0. The lowest BCUT2D eigenvalue weighted by atomic mass is 9.89. The smallest absolute Gasteiger partial charge is 0.257 e. The van der Waals surface area contributed by atoms with Crippen molar-refractivity contribution in [2.75, 3.05) is 31.6 Å². The molecule has 1 fully saturated rings. The van der Waals surface area contributed by atoms with Gasteiger partial charge in [0.2, 0.25) is 5.91 Å². The Bertz CT molecular complexity index is 1150. The summed E-state index contributed by atoms with van der Waals surface area (Å²) in [5.41, 5.74) is 3.94. The van der Waals surface area contributed by atoms with Crippen LogP contribution in [0.5, 0.6) is 0 Å². The van der Waals surface area contributed by atoms with Crippen LogP contribution in [0, 0.1) is 6.92 Å². The molecule has 3 heterocycles. The number of amides is 2. The van der Waals surface area contributed by atoms with Gasteiger partial charge in [0.25, 0.3) is 5.91 Å². The van der Waals surface area contributed by atoms with Crippen molar-refractivity contribution in [1.29, 1.82) is 0 Å². The monoisotopic (exact) mass is 473 g/mol. The maximum absolute atomic E-state index is 13.2. The largest absolute Gasteiger partial charge is 0.377 e. The quantitative estimate of drug-likeness (QED) is 0.373. The number of aryl methyl sites for hydroxylation is 1. The number of piperidine rings is 1. The van der Waals surface area contributed by atoms with Crippen LogP contribution >= 0.6 is 0 Å². The van der Waals surface area contributed by atoms with Crippen LogP contribution in [0.1, 0.15) is 46.9 Å². The maximum atomic E-state index is 13.2. The Kier molecular flexibility index (Phi) is 8.05. The Morgan fingerprint density at radius 3 is 2.63 bits per heavy atom. The van der Waals surface area contributed by atoms with Gasteiger partial charge in [0, 0.05) is 48.5 Å². The number of ether oxygens (including phenoxy) is 1. The lowest BCUT2D eigenvalue weighted by molar-refractivity contribution is -0.133. The molecule has 1 aliphatic rings. The number of rotatable bonds is 9. The lowest BCUT2D eigenvalue weighted by Gasteiger charge is -2.32. The van der Waals surface area contributed by atoms with Crippen molar-refractivity contribution in [2.45, 2.75) is 32.1 Å². The molecule has 182 valence electrons. The molecule has 0 saturated carbocycles. The molecule has 0 bridgehead atoms. The van der Waals surface area contributed by atoms with Gasteiger partial charge in [0.15, 0.2) is 0 Å². The summed E-state index contributed by atoms with van der Waals surface area (Å²) in [7, 11) is 0. The molecule has 0 aliphatic carbocycles. The molecule has 1 aliphatic heterocycles. The summed E-state index contributed by atoms with van der Waals surface area (Å²) in [6.45, 7) is 7.69. The number of nitrogens with zero attached hydrogens (tertiary/aromatic N) is 4. The van der Waals surface area contributed by atoms with Crippen LogP contribution in [-0.2, 0) is 9.53 Å². The van der Waals surface area contributed by atoms with E-state index in [0.717, 1.165) is 29.9 Å². The predicted octanol–water partition coefficient (Wildman–Crippen LogP) is 4.13. The summed E-state index contributed by atoms with van der Waals surface area (Å²) in [6.07, 6.45) is 8.91. The van der Waals surface area contributed by atoms with Crippen LogP contribution in [0.3, 0.4) is 0 Å². The second-order valence-corrected chi connectivity index (χ2v) is 8.63. The van der Waals surface area contributed by atoms with Gasteiger partial charge in [-0.1, -0.05) is 6.08 Å². The molecule has 0 unspecified atom stereocenters. The molecule has 3 aromatic rings. The zero-order chi connectivity index (χ0) is 24.6. The molecule has 4 rings (SSSR count). The fraction of sp³-hybridized carbons (Fsp3) is 0.333. The zero-order valence-corrected chi connectivity index (χ0v) is 20.0. The van der Waals surface area contributed by atoms with E-state index in [4.69, 9.17) is 9.72 Å². The number of carbonyl (C=O) groups excluding carboxylic acids is 2. The Morgan fingerprint density at radius 2 is 1.94 bits per heavy atom. The number of likely N-dealkylation sites (tertiary alicyclic amines) is 1. The SMILES string of the molecule is C=CCOCCC(=O)N1CCC(c2nc(C)ccc2C(=O)Nc2ccc(-n3ccnc3)cc2)CC1. The minimum atomic E-state index is -0.180. The van der Waals surface area contributed by atoms with Gasteiger partial charge in [0.1, 0.15) is 0 Å². The van der Waals surface area contributed by atoms with Crippen molar-refractivity contribution in [3.63, 3.8) is 0 Å². The molecule has 0 atom stereocenters. The number of pyridine rings is 1. The summed E-state index contributed by atoms with van der Waals surface area (Å²) in [6, 6.07) is 11.3. The number of carbonyl (C=O) groups is 2. The number of imidazole rings is 1. The highest BCUT2D eigenvalue weighted by Gasteiger charge is 2.27. The Labute approximate surface area is 205 Å². The Hall–Kier alpha value is -3.78. The molecule has 8 nitrogen and oxygen atoms in total. The average molecular weight is 474 g/mol. The van der Waals surface area contributed by atoms with Crippen LogP contribution in [0.15, 0.2) is 67.8 Å². The molecular weight excluding hydrogens is 442 g/mol. The van der Waals surface area contributed by atoms with Crippen molar-refractivity contribution >= 4 is 17.5 Å². The molecular formula is C27H31N5O3. The Balaban J connectivity index is 1.39. The molecule has 35 heavy (non-hydrogen) atoms. The van der Waals surface area contributed by atoms with Gasteiger partial charge in [-0.3, -0.25) is 14.6 Å². The van der Waals surface area contributed by atoms with Crippen molar-refractivity contribution in [3.8, 4) is 5.69 Å². The van der Waals surface area contributed by atoms with Crippen molar-refractivity contribution in [1.82, 2.24) is 19.4 Å². The lowest BCUT2D eigenvalue weighted by Crippen LogP contribution is -2.38. The van der Waals surface area contributed by atoms with Crippen molar-refractivity contribution < 1.29 is 14.3 Å². The number of nitrogens with one attached hydrogen (secondary N) is 1. The number of aromatic nitrogens is 3. The van der Waals surface area contributed by atoms with Gasteiger partial charge in [-0.2, -0.15) is 0 Å². The van der Waals surface area contributed by atoms with E-state index in [9.17, 15) is 9.59 Å². The normalized spacial score (nSPS) is 14.0. The average Bonchev–Trinajstić information content (AvgIpc) is 3.42. The third-order valence-corrected chi connectivity index (χ3v) is 6.17. The topological polar surface area (TPSA) is 89.4 Å². The van der Waals surface area contributed by atoms with Gasteiger partial charge in [-0.15, -0.1) is 6.58 Å². The second-order valence-electron chi connectivity index (χ2n) is 8.63. The van der Waals surface area contributed by atoms with Crippen molar-refractivity contribution in [2.24, 2.45) is 0 Å². The van der Waals surface area contributed by atoms with Gasteiger partial charge in [-0.25, -0.2) is 4.98 Å². The number of anilines is 1. The van der Waals surface area contributed by atoms with E-state index in [1.165, 1.54) is 0 Å². The highest BCUT2D eigenvalue weighted by Crippen LogP contribution is 2.30. The molecule has 0 radical (unpaired) electrons. The van der Waals surface area contributed by atoms with Crippen LogP contribution in [0.25, 0.3) is 5.69 Å². The first-order valence-corrected chi connectivity index (χ1v) is 11.9. The van der Waals surface area contributed by atoms with Gasteiger partial charge in [0.05, 0.1) is 37.2 Å². The highest BCUT2D eigenvalue weighted by molar-refractivity contribution is 6.05. The third kappa shape index (κ3) is 6.22. The summed E-state index contributed by atoms with van der Waals surface area (Å²) in [5.74, 6) is 0.0444. The van der Waals surface area contributed by atoms with E-state index >= 15 is 0 Å². The van der Waals surface area contributed by atoms with E-state index in [2.05, 4.69) is 16.9 Å². The Morgan fingerprint density at radius 1 is 1.17 bits per heavy atom.